The minimum Gasteiger partial charge on any atom is -0.336 e. The predicted molar refractivity (Wildman–Crippen MR) is 68.2 cm³/mol. The molecular formula is C13H17ClN2O. The lowest BCUT2D eigenvalue weighted by atomic mass is 10.1. The van der Waals surface area contributed by atoms with Gasteiger partial charge in [-0.25, -0.2) is 0 Å². The van der Waals surface area contributed by atoms with Gasteiger partial charge in [0.1, 0.15) is 0 Å². The number of amides is 1. The Morgan fingerprint density at radius 3 is 3.06 bits per heavy atom. The van der Waals surface area contributed by atoms with E-state index in [4.69, 9.17) is 11.6 Å². The Balaban J connectivity index is 2.21. The SMILES string of the molecule is CC1CCCCCN1C(=O)c1ccncc1Cl. The smallest absolute Gasteiger partial charge is 0.255 e. The van der Waals surface area contributed by atoms with Crippen molar-refractivity contribution in [2.24, 2.45) is 0 Å². The van der Waals surface area contributed by atoms with Gasteiger partial charge in [-0.2, -0.15) is 0 Å². The van der Waals surface area contributed by atoms with E-state index >= 15 is 0 Å². The minimum atomic E-state index is 0.0341. The zero-order valence-corrected chi connectivity index (χ0v) is 10.8. The van der Waals surface area contributed by atoms with Crippen LogP contribution in [0.15, 0.2) is 18.5 Å². The van der Waals surface area contributed by atoms with Crippen molar-refractivity contribution in [3.8, 4) is 0 Å². The maximum atomic E-state index is 12.4. The molecule has 1 aromatic heterocycles. The molecule has 4 heteroatoms. The number of rotatable bonds is 1. The third-order valence-corrected chi connectivity index (χ3v) is 3.62. The van der Waals surface area contributed by atoms with E-state index in [9.17, 15) is 4.79 Å². The van der Waals surface area contributed by atoms with E-state index in [1.165, 1.54) is 19.0 Å². The van der Waals surface area contributed by atoms with E-state index in [2.05, 4.69) is 11.9 Å². The number of likely N-dealkylation sites (tertiary alicyclic amines) is 1. The lowest BCUT2D eigenvalue weighted by Crippen LogP contribution is -2.38. The van der Waals surface area contributed by atoms with Crippen molar-refractivity contribution in [2.75, 3.05) is 6.54 Å². The van der Waals surface area contributed by atoms with Gasteiger partial charge in [0.15, 0.2) is 0 Å². The largest absolute Gasteiger partial charge is 0.336 e. The molecule has 0 N–H and O–H groups in total. The molecule has 2 heterocycles. The van der Waals surface area contributed by atoms with Crippen LogP contribution in [0.2, 0.25) is 5.02 Å². The Labute approximate surface area is 107 Å². The van der Waals surface area contributed by atoms with Crippen molar-refractivity contribution in [3.05, 3.63) is 29.0 Å². The standard InChI is InChI=1S/C13H17ClN2O/c1-10-5-3-2-4-8-16(10)13(17)11-6-7-15-9-12(11)14/h6-7,9-10H,2-5,8H2,1H3. The second kappa shape index (κ2) is 5.50. The topological polar surface area (TPSA) is 33.2 Å². The number of aromatic nitrogens is 1. The van der Waals surface area contributed by atoms with Crippen LogP contribution in [0, 0.1) is 0 Å². The van der Waals surface area contributed by atoms with Crippen LogP contribution >= 0.6 is 11.6 Å². The van der Waals surface area contributed by atoms with Gasteiger partial charge in [0.25, 0.3) is 5.91 Å². The molecule has 92 valence electrons. The summed E-state index contributed by atoms with van der Waals surface area (Å²) >= 11 is 6.02. The van der Waals surface area contributed by atoms with E-state index in [0.717, 1.165) is 19.4 Å². The summed E-state index contributed by atoms with van der Waals surface area (Å²) in [4.78, 5) is 18.2. The molecule has 0 spiro atoms. The second-order valence-electron chi connectivity index (χ2n) is 4.55. The van der Waals surface area contributed by atoms with Crippen LogP contribution in [-0.2, 0) is 0 Å². The molecule has 0 saturated carbocycles. The first-order chi connectivity index (χ1) is 8.20. The van der Waals surface area contributed by atoms with E-state index in [0.29, 0.717) is 16.6 Å². The third kappa shape index (κ3) is 2.78. The van der Waals surface area contributed by atoms with Gasteiger partial charge >= 0.3 is 0 Å². The number of halogens is 1. The lowest BCUT2D eigenvalue weighted by molar-refractivity contribution is 0.0698. The first-order valence-electron chi connectivity index (χ1n) is 6.10. The van der Waals surface area contributed by atoms with Crippen LogP contribution in [0.3, 0.4) is 0 Å². The molecule has 1 aromatic rings. The van der Waals surface area contributed by atoms with E-state index < -0.39 is 0 Å². The molecule has 1 aliphatic rings. The molecule has 1 unspecified atom stereocenters. The first-order valence-corrected chi connectivity index (χ1v) is 6.48. The number of hydrogen-bond donors (Lipinski definition) is 0. The molecule has 3 nitrogen and oxygen atoms in total. The molecule has 1 amide bonds. The lowest BCUT2D eigenvalue weighted by Gasteiger charge is -2.27. The van der Waals surface area contributed by atoms with Crippen LogP contribution in [0.25, 0.3) is 0 Å². The van der Waals surface area contributed by atoms with Crippen molar-refractivity contribution in [1.82, 2.24) is 9.88 Å². The highest BCUT2D eigenvalue weighted by Crippen LogP contribution is 2.22. The highest BCUT2D eigenvalue weighted by molar-refractivity contribution is 6.33. The predicted octanol–water partition coefficient (Wildman–Crippen LogP) is 3.14. The van der Waals surface area contributed by atoms with Crippen molar-refractivity contribution in [2.45, 2.75) is 38.6 Å². The van der Waals surface area contributed by atoms with Crippen LogP contribution in [0.5, 0.6) is 0 Å². The average Bonchev–Trinajstić information content (AvgIpc) is 2.54. The zero-order chi connectivity index (χ0) is 12.3. The highest BCUT2D eigenvalue weighted by Gasteiger charge is 2.24. The van der Waals surface area contributed by atoms with E-state index in [1.807, 2.05) is 4.90 Å². The number of carbonyl (C=O) groups excluding carboxylic acids is 1. The Morgan fingerprint density at radius 2 is 2.29 bits per heavy atom. The van der Waals surface area contributed by atoms with Crippen molar-refractivity contribution >= 4 is 17.5 Å². The monoisotopic (exact) mass is 252 g/mol. The Hall–Kier alpha value is -1.09. The van der Waals surface area contributed by atoms with Gasteiger partial charge in [-0.15, -0.1) is 0 Å². The Kier molecular flexibility index (Phi) is 4.00. The molecule has 0 bridgehead atoms. The molecule has 17 heavy (non-hydrogen) atoms. The van der Waals surface area contributed by atoms with Gasteiger partial charge < -0.3 is 4.90 Å². The highest BCUT2D eigenvalue weighted by atomic mass is 35.5. The minimum absolute atomic E-state index is 0.0341. The van der Waals surface area contributed by atoms with Gasteiger partial charge in [0, 0.05) is 25.0 Å². The summed E-state index contributed by atoms with van der Waals surface area (Å²) in [6.07, 6.45) is 7.71. The Bertz CT molecular complexity index is 408. The third-order valence-electron chi connectivity index (χ3n) is 3.32. The van der Waals surface area contributed by atoms with Crippen LogP contribution in [-0.4, -0.2) is 28.4 Å². The zero-order valence-electron chi connectivity index (χ0n) is 10.0. The van der Waals surface area contributed by atoms with Crippen molar-refractivity contribution in [3.63, 3.8) is 0 Å². The fourth-order valence-electron chi connectivity index (χ4n) is 2.28. The van der Waals surface area contributed by atoms with Crippen LogP contribution < -0.4 is 0 Å². The van der Waals surface area contributed by atoms with Gasteiger partial charge in [-0.3, -0.25) is 9.78 Å². The first kappa shape index (κ1) is 12.4. The number of hydrogen-bond acceptors (Lipinski definition) is 2. The number of pyridine rings is 1. The normalized spacial score (nSPS) is 21.1. The Morgan fingerprint density at radius 1 is 1.47 bits per heavy atom. The molecule has 0 aromatic carbocycles. The molecule has 2 rings (SSSR count). The van der Waals surface area contributed by atoms with Crippen molar-refractivity contribution < 1.29 is 4.79 Å². The second-order valence-corrected chi connectivity index (χ2v) is 4.96. The molecule has 1 atom stereocenters. The van der Waals surface area contributed by atoms with Crippen molar-refractivity contribution in [1.29, 1.82) is 0 Å². The fourth-order valence-corrected chi connectivity index (χ4v) is 2.48. The fraction of sp³-hybridized carbons (Fsp3) is 0.538. The summed E-state index contributed by atoms with van der Waals surface area (Å²) in [5.41, 5.74) is 0.565. The summed E-state index contributed by atoms with van der Waals surface area (Å²) in [5.74, 6) is 0.0341. The quantitative estimate of drug-likeness (QED) is 0.769. The molecule has 0 aliphatic carbocycles. The molecular weight excluding hydrogens is 236 g/mol. The van der Waals surface area contributed by atoms with Gasteiger partial charge in [-0.1, -0.05) is 24.4 Å². The van der Waals surface area contributed by atoms with E-state index in [1.54, 1.807) is 12.3 Å². The summed E-state index contributed by atoms with van der Waals surface area (Å²) in [7, 11) is 0. The van der Waals surface area contributed by atoms with Crippen LogP contribution in [0.4, 0.5) is 0 Å². The molecule has 1 saturated heterocycles. The average molecular weight is 253 g/mol. The summed E-state index contributed by atoms with van der Waals surface area (Å²) in [5, 5.41) is 0.439. The van der Waals surface area contributed by atoms with Crippen LogP contribution in [0.1, 0.15) is 43.0 Å². The molecule has 0 radical (unpaired) electrons. The number of nitrogens with zero attached hydrogens (tertiary/aromatic N) is 2. The van der Waals surface area contributed by atoms with Gasteiger partial charge in [0.05, 0.1) is 10.6 Å². The maximum Gasteiger partial charge on any atom is 0.255 e. The van der Waals surface area contributed by atoms with E-state index in [-0.39, 0.29) is 5.91 Å². The van der Waals surface area contributed by atoms with Gasteiger partial charge in [-0.05, 0) is 25.8 Å². The summed E-state index contributed by atoms with van der Waals surface area (Å²) in [6, 6.07) is 2.00. The van der Waals surface area contributed by atoms with Gasteiger partial charge in [0.2, 0.25) is 0 Å². The molecule has 1 fully saturated rings. The summed E-state index contributed by atoms with van der Waals surface area (Å²) < 4.78 is 0. The molecule has 1 aliphatic heterocycles. The number of carbonyl (C=O) groups is 1. The maximum absolute atomic E-state index is 12.4. The summed E-state index contributed by atoms with van der Waals surface area (Å²) in [6.45, 7) is 2.94.